The monoisotopic (exact) mass is 411 g/mol. The lowest BCUT2D eigenvalue weighted by Gasteiger charge is -2.37. The normalized spacial score (nSPS) is 17.5. The van der Waals surface area contributed by atoms with Gasteiger partial charge in [0.25, 0.3) is 11.8 Å². The smallest absolute Gasteiger partial charge is 0.262 e. The molecule has 0 radical (unpaired) electrons. The molecule has 0 spiro atoms. The van der Waals surface area contributed by atoms with Gasteiger partial charge in [0.2, 0.25) is 11.8 Å². The minimum Gasteiger partial charge on any atom is -0.339 e. The zero-order valence-electron chi connectivity index (χ0n) is 16.0. The summed E-state index contributed by atoms with van der Waals surface area (Å²) in [6.07, 6.45) is 0.372. The minimum absolute atomic E-state index is 0.0490. The Morgan fingerprint density at radius 1 is 0.931 bits per heavy atom. The van der Waals surface area contributed by atoms with Crippen molar-refractivity contribution in [1.29, 1.82) is 0 Å². The van der Waals surface area contributed by atoms with Crippen molar-refractivity contribution in [2.24, 2.45) is 0 Å². The predicted molar refractivity (Wildman–Crippen MR) is 108 cm³/mol. The van der Waals surface area contributed by atoms with Crippen molar-refractivity contribution in [3.05, 3.63) is 57.8 Å². The van der Waals surface area contributed by atoms with Gasteiger partial charge in [-0.25, -0.2) is 0 Å². The van der Waals surface area contributed by atoms with E-state index < -0.39 is 17.9 Å². The fourth-order valence-corrected chi connectivity index (χ4v) is 4.48. The second-order valence-electron chi connectivity index (χ2n) is 7.16. The summed E-state index contributed by atoms with van der Waals surface area (Å²) in [5.41, 5.74) is 0.669. The first-order valence-corrected chi connectivity index (χ1v) is 10.4. The summed E-state index contributed by atoms with van der Waals surface area (Å²) >= 11 is 1.55. The molecule has 1 saturated heterocycles. The topological polar surface area (TPSA) is 78.0 Å². The molecule has 0 saturated carbocycles. The van der Waals surface area contributed by atoms with Gasteiger partial charge in [0.05, 0.1) is 17.5 Å². The number of fused-ring (bicyclic) bond motifs is 1. The number of hydrogen-bond acceptors (Lipinski definition) is 5. The Balaban J connectivity index is 1.37. The summed E-state index contributed by atoms with van der Waals surface area (Å²) in [6.45, 7) is 3.26. The molecule has 2 aliphatic rings. The number of nitrogens with zero attached hydrogens (tertiary/aromatic N) is 3. The summed E-state index contributed by atoms with van der Waals surface area (Å²) in [4.78, 5) is 56.0. The van der Waals surface area contributed by atoms with Crippen LogP contribution >= 0.6 is 11.3 Å². The Morgan fingerprint density at radius 3 is 2.07 bits per heavy atom. The van der Waals surface area contributed by atoms with E-state index in [1.807, 2.05) is 17.5 Å². The fourth-order valence-electron chi connectivity index (χ4n) is 3.78. The van der Waals surface area contributed by atoms with Crippen molar-refractivity contribution < 1.29 is 19.2 Å². The van der Waals surface area contributed by atoms with Gasteiger partial charge < -0.3 is 9.80 Å². The summed E-state index contributed by atoms with van der Waals surface area (Å²) in [7, 11) is 0. The Bertz CT molecular complexity index is 929. The average molecular weight is 411 g/mol. The molecule has 4 rings (SSSR count). The van der Waals surface area contributed by atoms with E-state index in [9.17, 15) is 19.2 Å². The van der Waals surface area contributed by atoms with Gasteiger partial charge in [-0.3, -0.25) is 24.1 Å². The van der Waals surface area contributed by atoms with Crippen LogP contribution < -0.4 is 0 Å². The number of rotatable bonds is 4. The maximum atomic E-state index is 12.9. The lowest BCUT2D eigenvalue weighted by molar-refractivity contribution is -0.141. The van der Waals surface area contributed by atoms with Crippen molar-refractivity contribution in [3.63, 3.8) is 0 Å². The zero-order valence-corrected chi connectivity index (χ0v) is 16.9. The first-order chi connectivity index (χ1) is 14.0. The van der Waals surface area contributed by atoms with Crippen LogP contribution in [0.15, 0.2) is 41.8 Å². The van der Waals surface area contributed by atoms with Crippen LogP contribution in [0.2, 0.25) is 0 Å². The predicted octanol–water partition coefficient (Wildman–Crippen LogP) is 1.65. The molecule has 1 unspecified atom stereocenters. The van der Waals surface area contributed by atoms with Crippen LogP contribution in [0.4, 0.5) is 0 Å². The second-order valence-corrected chi connectivity index (χ2v) is 8.20. The molecular weight excluding hydrogens is 390 g/mol. The molecule has 0 N–H and O–H groups in total. The molecule has 3 heterocycles. The number of hydrogen-bond donors (Lipinski definition) is 0. The average Bonchev–Trinajstić information content (AvgIpc) is 3.34. The maximum absolute atomic E-state index is 12.9. The van der Waals surface area contributed by atoms with Crippen molar-refractivity contribution in [1.82, 2.24) is 14.7 Å². The third kappa shape index (κ3) is 3.55. The van der Waals surface area contributed by atoms with Crippen molar-refractivity contribution in [3.8, 4) is 0 Å². The Morgan fingerprint density at radius 2 is 1.52 bits per heavy atom. The zero-order chi connectivity index (χ0) is 20.5. The molecule has 4 amide bonds. The molecule has 1 aromatic carbocycles. The fraction of sp³-hybridized carbons (Fsp3) is 0.333. The number of thiophene rings is 1. The van der Waals surface area contributed by atoms with Gasteiger partial charge >= 0.3 is 0 Å². The molecule has 2 aliphatic heterocycles. The standard InChI is InChI=1S/C21H21N3O4S/c1-14(24-20(27)16-6-2-3-7-17(16)21(24)28)19(26)23-10-8-22(9-11-23)18(25)13-15-5-4-12-29-15/h2-7,12,14H,8-11,13H2,1H3. The van der Waals surface area contributed by atoms with Gasteiger partial charge in [0, 0.05) is 31.1 Å². The number of amides is 4. The van der Waals surface area contributed by atoms with Crippen molar-refractivity contribution in [2.45, 2.75) is 19.4 Å². The number of piperazine rings is 1. The van der Waals surface area contributed by atoms with Crippen LogP contribution in [0, 0.1) is 0 Å². The molecule has 1 atom stereocenters. The summed E-state index contributed by atoms with van der Waals surface area (Å²) < 4.78 is 0. The summed E-state index contributed by atoms with van der Waals surface area (Å²) in [6, 6.07) is 9.58. The minimum atomic E-state index is -0.879. The third-order valence-electron chi connectivity index (χ3n) is 5.42. The molecule has 0 bridgehead atoms. The van der Waals surface area contributed by atoms with Crippen LogP contribution in [0.25, 0.3) is 0 Å². The van der Waals surface area contributed by atoms with Crippen LogP contribution in [-0.2, 0) is 16.0 Å². The van der Waals surface area contributed by atoms with Crippen molar-refractivity contribution in [2.75, 3.05) is 26.2 Å². The molecule has 0 aliphatic carbocycles. The van der Waals surface area contributed by atoms with Crippen LogP contribution in [0.5, 0.6) is 0 Å². The molecule has 150 valence electrons. The number of imide groups is 1. The van der Waals surface area contributed by atoms with Gasteiger partial charge in [-0.05, 0) is 30.5 Å². The SMILES string of the molecule is CC(C(=O)N1CCN(C(=O)Cc2cccs2)CC1)N1C(=O)c2ccccc2C1=O. The van der Waals surface area contributed by atoms with Crippen LogP contribution in [0.3, 0.4) is 0 Å². The first kappa shape index (κ1) is 19.3. The highest BCUT2D eigenvalue weighted by Crippen LogP contribution is 2.25. The van der Waals surface area contributed by atoms with Gasteiger partial charge in [-0.15, -0.1) is 11.3 Å². The lowest BCUT2D eigenvalue weighted by atomic mass is 10.1. The lowest BCUT2D eigenvalue weighted by Crippen LogP contribution is -2.56. The Labute approximate surface area is 172 Å². The quantitative estimate of drug-likeness (QED) is 0.717. The number of benzene rings is 1. The number of carbonyl (C=O) groups excluding carboxylic acids is 4. The highest BCUT2D eigenvalue weighted by Gasteiger charge is 2.42. The van der Waals surface area contributed by atoms with E-state index in [2.05, 4.69) is 0 Å². The molecule has 29 heavy (non-hydrogen) atoms. The summed E-state index contributed by atoms with van der Waals surface area (Å²) in [5, 5.41) is 1.94. The van der Waals surface area contributed by atoms with Gasteiger partial charge in [0.1, 0.15) is 6.04 Å². The van der Waals surface area contributed by atoms with Crippen LogP contribution in [0.1, 0.15) is 32.5 Å². The van der Waals surface area contributed by atoms with E-state index in [4.69, 9.17) is 0 Å². The Hall–Kier alpha value is -3.00. The highest BCUT2D eigenvalue weighted by molar-refractivity contribution is 7.10. The first-order valence-electron chi connectivity index (χ1n) is 9.53. The highest BCUT2D eigenvalue weighted by atomic mass is 32.1. The second kappa shape index (κ2) is 7.79. The number of carbonyl (C=O) groups is 4. The largest absolute Gasteiger partial charge is 0.339 e. The molecule has 1 aromatic heterocycles. The summed E-state index contributed by atoms with van der Waals surface area (Å²) in [5.74, 6) is -1.09. The van der Waals surface area contributed by atoms with Crippen LogP contribution in [-0.4, -0.2) is 70.5 Å². The van der Waals surface area contributed by atoms with Crippen molar-refractivity contribution >= 4 is 35.0 Å². The molecule has 2 aromatic rings. The van der Waals surface area contributed by atoms with E-state index in [0.29, 0.717) is 43.7 Å². The van der Waals surface area contributed by atoms with E-state index in [-0.39, 0.29) is 11.8 Å². The van der Waals surface area contributed by atoms with E-state index in [1.165, 1.54) is 0 Å². The van der Waals surface area contributed by atoms with Gasteiger partial charge in [-0.2, -0.15) is 0 Å². The Kier molecular flexibility index (Phi) is 5.19. The van der Waals surface area contributed by atoms with E-state index in [1.54, 1.807) is 52.3 Å². The molecular formula is C21H21N3O4S. The third-order valence-corrected chi connectivity index (χ3v) is 6.30. The van der Waals surface area contributed by atoms with E-state index >= 15 is 0 Å². The molecule has 8 heteroatoms. The maximum Gasteiger partial charge on any atom is 0.262 e. The van der Waals surface area contributed by atoms with Gasteiger partial charge in [0.15, 0.2) is 0 Å². The van der Waals surface area contributed by atoms with E-state index in [0.717, 1.165) is 9.78 Å². The molecule has 7 nitrogen and oxygen atoms in total. The van der Waals surface area contributed by atoms with Gasteiger partial charge in [-0.1, -0.05) is 18.2 Å². The molecule has 1 fully saturated rings.